The van der Waals surface area contributed by atoms with Crippen LogP contribution in [-0.2, 0) is 9.53 Å². The Kier molecular flexibility index (Phi) is 6.89. The van der Waals surface area contributed by atoms with Crippen LogP contribution in [0.15, 0.2) is 24.3 Å². The molecule has 0 aromatic rings. The molecule has 0 aliphatic rings. The summed E-state index contributed by atoms with van der Waals surface area (Å²) in [5, 5.41) is 0. The van der Waals surface area contributed by atoms with E-state index in [1.165, 1.54) is 5.57 Å². The van der Waals surface area contributed by atoms with Crippen LogP contribution >= 0.6 is 22.6 Å². The van der Waals surface area contributed by atoms with Crippen LogP contribution in [0.5, 0.6) is 0 Å². The summed E-state index contributed by atoms with van der Waals surface area (Å²) >= 11 is 2.00. The lowest BCUT2D eigenvalue weighted by Gasteiger charge is -2.25. The molecule has 0 aliphatic carbocycles. The molecule has 0 saturated heterocycles. The molecule has 0 fully saturated rings. The number of rotatable bonds is 6. The highest BCUT2D eigenvalue weighted by molar-refractivity contribution is 14.1. The molecule has 15 heavy (non-hydrogen) atoms. The smallest absolute Gasteiger partial charge is 0.316 e. The molecule has 0 aromatic carbocycles. The monoisotopic (exact) mass is 322 g/mol. The fourth-order valence-corrected chi connectivity index (χ4v) is 1.29. The average Bonchev–Trinajstić information content (AvgIpc) is 2.17. The molecule has 0 saturated carbocycles. The van der Waals surface area contributed by atoms with E-state index in [1.54, 1.807) is 6.08 Å². The molecule has 86 valence electrons. The fourth-order valence-electron chi connectivity index (χ4n) is 1.13. The first-order valence-corrected chi connectivity index (χ1v) is 6.51. The van der Waals surface area contributed by atoms with Crippen molar-refractivity contribution in [2.75, 3.05) is 4.43 Å². The predicted octanol–water partition coefficient (Wildman–Crippen LogP) is 3.66. The summed E-state index contributed by atoms with van der Waals surface area (Å²) in [6.45, 7) is 9.72. The van der Waals surface area contributed by atoms with Crippen molar-refractivity contribution in [2.24, 2.45) is 0 Å². The maximum Gasteiger partial charge on any atom is 0.316 e. The molecule has 3 heteroatoms. The molecule has 0 radical (unpaired) electrons. The van der Waals surface area contributed by atoms with Gasteiger partial charge in [0.15, 0.2) is 0 Å². The van der Waals surface area contributed by atoms with Gasteiger partial charge in [0.2, 0.25) is 0 Å². The SMILES string of the molecule is C=C[C@@](C)(CCC=C(C)C)OC(=O)CI. The lowest BCUT2D eigenvalue weighted by atomic mass is 9.99. The van der Waals surface area contributed by atoms with Gasteiger partial charge in [-0.3, -0.25) is 4.79 Å². The van der Waals surface area contributed by atoms with Gasteiger partial charge < -0.3 is 4.74 Å². The van der Waals surface area contributed by atoms with Crippen LogP contribution in [0.4, 0.5) is 0 Å². The van der Waals surface area contributed by atoms with Crippen molar-refractivity contribution in [3.8, 4) is 0 Å². The van der Waals surface area contributed by atoms with Gasteiger partial charge in [0.1, 0.15) is 5.60 Å². The highest BCUT2D eigenvalue weighted by Crippen LogP contribution is 2.20. The summed E-state index contributed by atoms with van der Waals surface area (Å²) in [5.41, 5.74) is 0.746. The number of halogens is 1. The summed E-state index contributed by atoms with van der Waals surface area (Å²) in [4.78, 5) is 11.2. The zero-order valence-electron chi connectivity index (χ0n) is 9.68. The first kappa shape index (κ1) is 14.7. The van der Waals surface area contributed by atoms with Crippen molar-refractivity contribution in [3.05, 3.63) is 24.3 Å². The molecule has 2 nitrogen and oxygen atoms in total. The van der Waals surface area contributed by atoms with E-state index in [1.807, 2.05) is 29.5 Å². The Balaban J connectivity index is 4.25. The summed E-state index contributed by atoms with van der Waals surface area (Å²) in [5.74, 6) is -0.185. The quantitative estimate of drug-likeness (QED) is 0.323. The predicted molar refractivity (Wildman–Crippen MR) is 72.2 cm³/mol. The Bertz CT molecular complexity index is 254. The van der Waals surface area contributed by atoms with Crippen LogP contribution in [0, 0.1) is 0 Å². The molecule has 0 unspecified atom stereocenters. The van der Waals surface area contributed by atoms with Crippen LogP contribution in [0.25, 0.3) is 0 Å². The Morgan fingerprint density at radius 2 is 2.13 bits per heavy atom. The van der Waals surface area contributed by atoms with Crippen LogP contribution in [0.3, 0.4) is 0 Å². The van der Waals surface area contributed by atoms with Gasteiger partial charge in [0.25, 0.3) is 0 Å². The molecule has 0 heterocycles. The topological polar surface area (TPSA) is 26.3 Å². The largest absolute Gasteiger partial charge is 0.455 e. The summed E-state index contributed by atoms with van der Waals surface area (Å²) < 4.78 is 5.70. The van der Waals surface area contributed by atoms with Crippen molar-refractivity contribution < 1.29 is 9.53 Å². The van der Waals surface area contributed by atoms with Crippen molar-refractivity contribution in [1.82, 2.24) is 0 Å². The van der Waals surface area contributed by atoms with Gasteiger partial charge in [-0.15, -0.1) is 0 Å². The van der Waals surface area contributed by atoms with Crippen molar-refractivity contribution >= 4 is 28.6 Å². The van der Waals surface area contributed by atoms with E-state index in [2.05, 4.69) is 26.5 Å². The Hall–Kier alpha value is -0.320. The second-order valence-corrected chi connectivity index (χ2v) is 4.71. The van der Waals surface area contributed by atoms with Crippen LogP contribution in [0.2, 0.25) is 0 Å². The molecule has 0 aromatic heterocycles. The minimum Gasteiger partial charge on any atom is -0.455 e. The van der Waals surface area contributed by atoms with Gasteiger partial charge in [0, 0.05) is 0 Å². The number of allylic oxidation sites excluding steroid dienone is 2. The van der Waals surface area contributed by atoms with Crippen LogP contribution in [-0.4, -0.2) is 16.0 Å². The number of ether oxygens (including phenoxy) is 1. The zero-order valence-corrected chi connectivity index (χ0v) is 11.8. The minimum absolute atomic E-state index is 0.185. The van der Waals surface area contributed by atoms with Crippen LogP contribution < -0.4 is 0 Å². The van der Waals surface area contributed by atoms with Gasteiger partial charge in [-0.05, 0) is 39.7 Å². The number of alkyl halides is 1. The fraction of sp³-hybridized carbons (Fsp3) is 0.583. The van der Waals surface area contributed by atoms with Crippen molar-refractivity contribution in [3.63, 3.8) is 0 Å². The molecule has 0 N–H and O–H groups in total. The van der Waals surface area contributed by atoms with Gasteiger partial charge in [-0.25, -0.2) is 0 Å². The third-order valence-corrected chi connectivity index (χ3v) is 2.70. The molecular weight excluding hydrogens is 303 g/mol. The van der Waals surface area contributed by atoms with Gasteiger partial charge in [-0.2, -0.15) is 0 Å². The maximum atomic E-state index is 11.2. The van der Waals surface area contributed by atoms with E-state index in [9.17, 15) is 4.79 Å². The van der Waals surface area contributed by atoms with Gasteiger partial charge in [0.05, 0.1) is 4.43 Å². The molecule has 0 spiro atoms. The average molecular weight is 322 g/mol. The highest BCUT2D eigenvalue weighted by atomic mass is 127. The Morgan fingerprint density at radius 1 is 1.53 bits per heavy atom. The van der Waals surface area contributed by atoms with Gasteiger partial charge >= 0.3 is 5.97 Å². The Morgan fingerprint density at radius 3 is 2.53 bits per heavy atom. The summed E-state index contributed by atoms with van der Waals surface area (Å²) in [6, 6.07) is 0. The van der Waals surface area contributed by atoms with E-state index in [4.69, 9.17) is 4.74 Å². The van der Waals surface area contributed by atoms with Crippen molar-refractivity contribution in [2.45, 2.75) is 39.2 Å². The summed E-state index contributed by atoms with van der Waals surface area (Å²) in [6.07, 6.45) is 5.53. The van der Waals surface area contributed by atoms with E-state index in [-0.39, 0.29) is 5.97 Å². The first-order chi connectivity index (χ1) is 6.93. The summed E-state index contributed by atoms with van der Waals surface area (Å²) in [7, 11) is 0. The van der Waals surface area contributed by atoms with E-state index < -0.39 is 5.60 Å². The van der Waals surface area contributed by atoms with Crippen molar-refractivity contribution in [1.29, 1.82) is 0 Å². The minimum atomic E-state index is -0.534. The Labute approximate surface area is 106 Å². The van der Waals surface area contributed by atoms with Crippen LogP contribution in [0.1, 0.15) is 33.6 Å². The standard InChI is InChI=1S/C12H19IO2/c1-5-12(4,15-11(14)9-13)8-6-7-10(2)3/h5,7H,1,6,8-9H2,2-4H3/t12-/m0/s1. The number of hydrogen-bond acceptors (Lipinski definition) is 2. The lowest BCUT2D eigenvalue weighted by Crippen LogP contribution is -2.29. The second kappa shape index (κ2) is 7.04. The molecule has 0 rings (SSSR count). The lowest BCUT2D eigenvalue weighted by molar-refractivity contribution is -0.150. The third-order valence-electron chi connectivity index (χ3n) is 2.08. The van der Waals surface area contributed by atoms with Gasteiger partial charge in [-0.1, -0.05) is 40.8 Å². The number of carbonyl (C=O) groups excluding carboxylic acids is 1. The second-order valence-electron chi connectivity index (χ2n) is 3.94. The molecule has 0 aliphatic heterocycles. The number of esters is 1. The first-order valence-electron chi connectivity index (χ1n) is 4.98. The zero-order chi connectivity index (χ0) is 11.9. The van der Waals surface area contributed by atoms with E-state index >= 15 is 0 Å². The van der Waals surface area contributed by atoms with E-state index in [0.29, 0.717) is 4.43 Å². The molecule has 0 bridgehead atoms. The molecule has 0 amide bonds. The number of carbonyl (C=O) groups is 1. The third kappa shape index (κ3) is 6.71. The highest BCUT2D eigenvalue weighted by Gasteiger charge is 2.23. The molecular formula is C12H19IO2. The maximum absolute atomic E-state index is 11.2. The normalized spacial score (nSPS) is 13.9. The van der Waals surface area contributed by atoms with E-state index in [0.717, 1.165) is 12.8 Å². The molecule has 1 atom stereocenters. The number of hydrogen-bond donors (Lipinski definition) is 0.